The van der Waals surface area contributed by atoms with Gasteiger partial charge in [0.05, 0.1) is 6.04 Å². The summed E-state index contributed by atoms with van der Waals surface area (Å²) in [6, 6.07) is 12.2. The second-order valence-electron chi connectivity index (χ2n) is 7.05. The summed E-state index contributed by atoms with van der Waals surface area (Å²) in [5.74, 6) is 1.50. The Morgan fingerprint density at radius 2 is 2.07 bits per heavy atom. The Morgan fingerprint density at radius 3 is 2.78 bits per heavy atom. The normalized spacial score (nSPS) is 14.7. The van der Waals surface area contributed by atoms with E-state index in [2.05, 4.69) is 51.6 Å². The van der Waals surface area contributed by atoms with Crippen LogP contribution >= 0.6 is 0 Å². The number of carbonyl (C=O) groups is 1. The number of nitrogens with zero attached hydrogens (tertiary/aromatic N) is 3. The molecular formula is C21H22N4O2. The van der Waals surface area contributed by atoms with Crippen molar-refractivity contribution in [2.45, 2.75) is 38.6 Å². The molecule has 2 aromatic heterocycles. The highest BCUT2D eigenvalue weighted by molar-refractivity contribution is 5.76. The van der Waals surface area contributed by atoms with Gasteiger partial charge in [0.15, 0.2) is 0 Å². The lowest BCUT2D eigenvalue weighted by Gasteiger charge is -2.19. The first-order valence-corrected chi connectivity index (χ1v) is 9.28. The molecular weight excluding hydrogens is 340 g/mol. The molecule has 1 fully saturated rings. The highest BCUT2D eigenvalue weighted by Gasteiger charge is 2.33. The summed E-state index contributed by atoms with van der Waals surface area (Å²) < 4.78 is 5.26. The molecule has 1 N–H and O–H groups in total. The summed E-state index contributed by atoms with van der Waals surface area (Å²) in [4.78, 5) is 20.9. The summed E-state index contributed by atoms with van der Waals surface area (Å²) in [5, 5.41) is 7.15. The van der Waals surface area contributed by atoms with E-state index < -0.39 is 0 Å². The van der Waals surface area contributed by atoms with Crippen LogP contribution in [0.2, 0.25) is 0 Å². The number of hydrogen-bond donors (Lipinski definition) is 1. The number of nitrogens with one attached hydrogen (secondary N) is 1. The van der Waals surface area contributed by atoms with E-state index in [-0.39, 0.29) is 11.9 Å². The van der Waals surface area contributed by atoms with Gasteiger partial charge in [-0.15, -0.1) is 0 Å². The molecule has 1 saturated carbocycles. The van der Waals surface area contributed by atoms with Gasteiger partial charge in [0, 0.05) is 30.8 Å². The molecule has 2 heterocycles. The molecule has 0 bridgehead atoms. The van der Waals surface area contributed by atoms with Crippen molar-refractivity contribution in [2.75, 3.05) is 0 Å². The van der Waals surface area contributed by atoms with Crippen LogP contribution in [-0.4, -0.2) is 21.0 Å². The summed E-state index contributed by atoms with van der Waals surface area (Å²) in [6.07, 6.45) is 6.45. The van der Waals surface area contributed by atoms with Crippen LogP contribution in [0.4, 0.5) is 0 Å². The second-order valence-corrected chi connectivity index (χ2v) is 7.05. The van der Waals surface area contributed by atoms with Crippen molar-refractivity contribution in [1.29, 1.82) is 0 Å². The molecule has 138 valence electrons. The lowest BCUT2D eigenvalue weighted by Crippen LogP contribution is -2.30. The molecule has 0 spiro atoms. The molecule has 1 aliphatic carbocycles. The van der Waals surface area contributed by atoms with Crippen molar-refractivity contribution < 1.29 is 9.32 Å². The average molecular weight is 362 g/mol. The molecule has 4 rings (SSSR count). The van der Waals surface area contributed by atoms with Crippen molar-refractivity contribution in [2.24, 2.45) is 5.92 Å². The van der Waals surface area contributed by atoms with E-state index in [4.69, 9.17) is 4.52 Å². The molecule has 1 amide bonds. The van der Waals surface area contributed by atoms with E-state index >= 15 is 0 Å². The van der Waals surface area contributed by atoms with Crippen molar-refractivity contribution in [1.82, 2.24) is 20.4 Å². The second kappa shape index (κ2) is 7.70. The Hall–Kier alpha value is -3.02. The monoisotopic (exact) mass is 362 g/mol. The van der Waals surface area contributed by atoms with Crippen molar-refractivity contribution in [3.05, 3.63) is 65.8 Å². The highest BCUT2D eigenvalue weighted by atomic mass is 16.5. The topological polar surface area (TPSA) is 80.9 Å². The molecule has 0 radical (unpaired) electrons. The van der Waals surface area contributed by atoms with Crippen molar-refractivity contribution >= 4 is 5.91 Å². The van der Waals surface area contributed by atoms with Gasteiger partial charge in [0.1, 0.15) is 0 Å². The molecule has 1 aromatic carbocycles. The zero-order valence-corrected chi connectivity index (χ0v) is 15.3. The summed E-state index contributed by atoms with van der Waals surface area (Å²) in [6.45, 7) is 2.07. The molecule has 27 heavy (non-hydrogen) atoms. The maximum Gasteiger partial charge on any atom is 0.227 e. The van der Waals surface area contributed by atoms with E-state index in [0.717, 1.165) is 18.4 Å². The van der Waals surface area contributed by atoms with E-state index in [1.165, 1.54) is 11.1 Å². The minimum atomic E-state index is 0.00797. The SMILES string of the molecule is Cc1ccc(C(NC(=O)CCc2nc(-c3cccnc3)no2)C2CC2)cc1. The molecule has 1 unspecified atom stereocenters. The fraction of sp³-hybridized carbons (Fsp3) is 0.333. The van der Waals surface area contributed by atoms with E-state index in [9.17, 15) is 4.79 Å². The van der Waals surface area contributed by atoms with Crippen molar-refractivity contribution in [3.8, 4) is 11.4 Å². The van der Waals surface area contributed by atoms with Gasteiger partial charge in [-0.3, -0.25) is 9.78 Å². The standard InChI is InChI=1S/C21H22N4O2/c1-14-4-6-15(7-5-14)20(16-8-9-16)23-18(26)10-11-19-24-21(25-27-19)17-3-2-12-22-13-17/h2-7,12-13,16,20H,8-11H2,1H3,(H,23,26). The predicted molar refractivity (Wildman–Crippen MR) is 101 cm³/mol. The molecule has 1 aliphatic rings. The minimum Gasteiger partial charge on any atom is -0.349 e. The van der Waals surface area contributed by atoms with Gasteiger partial charge in [0.25, 0.3) is 0 Å². The van der Waals surface area contributed by atoms with Gasteiger partial charge in [-0.1, -0.05) is 35.0 Å². The van der Waals surface area contributed by atoms with E-state index in [1.54, 1.807) is 12.4 Å². The van der Waals surface area contributed by atoms with Crippen LogP contribution in [-0.2, 0) is 11.2 Å². The largest absolute Gasteiger partial charge is 0.349 e. The van der Waals surface area contributed by atoms with E-state index in [0.29, 0.717) is 30.5 Å². The lowest BCUT2D eigenvalue weighted by molar-refractivity contribution is -0.122. The fourth-order valence-corrected chi connectivity index (χ4v) is 3.11. The third kappa shape index (κ3) is 4.39. The molecule has 3 aromatic rings. The number of benzene rings is 1. The highest BCUT2D eigenvalue weighted by Crippen LogP contribution is 2.41. The molecule has 0 saturated heterocycles. The predicted octanol–water partition coefficient (Wildman–Crippen LogP) is 3.64. The Labute approximate surface area is 158 Å². The molecule has 6 heteroatoms. The van der Waals surface area contributed by atoms with Gasteiger partial charge in [-0.05, 0) is 43.4 Å². The van der Waals surface area contributed by atoms with Crippen LogP contribution in [0.5, 0.6) is 0 Å². The maximum atomic E-state index is 12.5. The van der Waals surface area contributed by atoms with Crippen LogP contribution in [0.3, 0.4) is 0 Å². The fourth-order valence-electron chi connectivity index (χ4n) is 3.11. The third-order valence-electron chi connectivity index (χ3n) is 4.80. The van der Waals surface area contributed by atoms with Crippen LogP contribution < -0.4 is 5.32 Å². The third-order valence-corrected chi connectivity index (χ3v) is 4.80. The van der Waals surface area contributed by atoms with Gasteiger partial charge < -0.3 is 9.84 Å². The lowest BCUT2D eigenvalue weighted by atomic mass is 10.0. The van der Waals surface area contributed by atoms with Gasteiger partial charge >= 0.3 is 0 Å². The first-order chi connectivity index (χ1) is 13.2. The molecule has 0 aliphatic heterocycles. The number of pyridine rings is 1. The average Bonchev–Trinajstić information content (AvgIpc) is 3.43. The number of rotatable bonds is 7. The molecule has 6 nitrogen and oxygen atoms in total. The Bertz CT molecular complexity index is 901. The van der Waals surface area contributed by atoms with Crippen LogP contribution in [0.1, 0.15) is 42.3 Å². The first kappa shape index (κ1) is 17.4. The quantitative estimate of drug-likeness (QED) is 0.694. The van der Waals surface area contributed by atoms with Crippen LogP contribution in [0.25, 0.3) is 11.4 Å². The number of amides is 1. The van der Waals surface area contributed by atoms with Gasteiger partial charge in [-0.25, -0.2) is 0 Å². The summed E-state index contributed by atoms with van der Waals surface area (Å²) in [7, 11) is 0. The van der Waals surface area contributed by atoms with Crippen LogP contribution in [0.15, 0.2) is 53.3 Å². The Kier molecular flexibility index (Phi) is 4.96. The Balaban J connectivity index is 1.35. The van der Waals surface area contributed by atoms with Crippen molar-refractivity contribution in [3.63, 3.8) is 0 Å². The van der Waals surface area contributed by atoms with Crippen LogP contribution in [0, 0.1) is 12.8 Å². The zero-order valence-electron chi connectivity index (χ0n) is 15.3. The number of aromatic nitrogens is 3. The summed E-state index contributed by atoms with van der Waals surface area (Å²) >= 11 is 0. The van der Waals surface area contributed by atoms with E-state index in [1.807, 2.05) is 12.1 Å². The first-order valence-electron chi connectivity index (χ1n) is 9.28. The maximum absolute atomic E-state index is 12.5. The Morgan fingerprint density at radius 1 is 1.26 bits per heavy atom. The zero-order chi connectivity index (χ0) is 18.6. The number of aryl methyl sites for hydroxylation is 2. The smallest absolute Gasteiger partial charge is 0.227 e. The van der Waals surface area contributed by atoms with Gasteiger partial charge in [0.2, 0.25) is 17.6 Å². The van der Waals surface area contributed by atoms with Gasteiger partial charge in [-0.2, -0.15) is 4.98 Å². The summed E-state index contributed by atoms with van der Waals surface area (Å²) in [5.41, 5.74) is 3.19. The number of carbonyl (C=O) groups excluding carboxylic acids is 1. The minimum absolute atomic E-state index is 0.00797. The molecule has 1 atom stereocenters. The number of hydrogen-bond acceptors (Lipinski definition) is 5.